The van der Waals surface area contributed by atoms with Gasteiger partial charge < -0.3 is 20.3 Å². The van der Waals surface area contributed by atoms with Gasteiger partial charge in [0.1, 0.15) is 6.04 Å². The molecule has 2 heterocycles. The maximum Gasteiger partial charge on any atom is 0.255 e. The fourth-order valence-corrected chi connectivity index (χ4v) is 6.84. The van der Waals surface area contributed by atoms with E-state index >= 15 is 0 Å². The normalized spacial score (nSPS) is 31.4. The van der Waals surface area contributed by atoms with Gasteiger partial charge in [0.2, 0.25) is 5.91 Å². The van der Waals surface area contributed by atoms with Crippen LogP contribution < -0.4 is 10.6 Å². The second kappa shape index (κ2) is 10.8. The monoisotopic (exact) mass is 479 g/mol. The summed E-state index contributed by atoms with van der Waals surface area (Å²) in [5.74, 6) is 1.25. The molecule has 0 spiro atoms. The van der Waals surface area contributed by atoms with Gasteiger partial charge in [-0.3, -0.25) is 9.59 Å². The summed E-state index contributed by atoms with van der Waals surface area (Å²) in [6.45, 7) is 5.29. The summed E-state index contributed by atoms with van der Waals surface area (Å²) in [6, 6.07) is 7.19. The largest absolute Gasteiger partial charge is 0.384 e. The fraction of sp³-hybridized carbons (Fsp3) is 0.655. The van der Waals surface area contributed by atoms with E-state index in [2.05, 4.69) is 29.3 Å². The van der Waals surface area contributed by atoms with Crippen LogP contribution in [0.5, 0.6) is 0 Å². The molecule has 2 amide bonds. The number of carbonyl (C=O) groups excluding carboxylic acids is 2. The van der Waals surface area contributed by atoms with Gasteiger partial charge in [-0.15, -0.1) is 0 Å². The summed E-state index contributed by atoms with van der Waals surface area (Å²) in [4.78, 5) is 27.3. The molecule has 6 heteroatoms. The van der Waals surface area contributed by atoms with Crippen LogP contribution in [0, 0.1) is 11.8 Å². The predicted molar refractivity (Wildman–Crippen MR) is 137 cm³/mol. The Morgan fingerprint density at radius 3 is 2.66 bits per heavy atom. The topological polar surface area (TPSA) is 70.7 Å². The van der Waals surface area contributed by atoms with Gasteiger partial charge in [-0.25, -0.2) is 0 Å². The lowest BCUT2D eigenvalue weighted by atomic mass is 9.79. The number of piperidine rings is 1. The number of methoxy groups -OCH3 is 1. The molecule has 2 aliphatic heterocycles. The summed E-state index contributed by atoms with van der Waals surface area (Å²) < 4.78 is 5.37. The lowest BCUT2D eigenvalue weighted by molar-refractivity contribution is -0.126. The van der Waals surface area contributed by atoms with Crippen LogP contribution in [-0.2, 0) is 22.5 Å². The minimum absolute atomic E-state index is 0.0134. The third-order valence-electron chi connectivity index (χ3n) is 8.81. The van der Waals surface area contributed by atoms with Crippen molar-refractivity contribution >= 4 is 11.8 Å². The maximum absolute atomic E-state index is 13.1. The Bertz CT molecular complexity index is 952. The smallest absolute Gasteiger partial charge is 0.255 e. The molecule has 3 fully saturated rings. The van der Waals surface area contributed by atoms with Gasteiger partial charge in [0, 0.05) is 43.6 Å². The molecule has 6 nitrogen and oxygen atoms in total. The molecule has 1 aromatic rings. The van der Waals surface area contributed by atoms with Gasteiger partial charge in [-0.1, -0.05) is 31.6 Å². The number of nitrogens with one attached hydrogen (secondary N) is 2. The van der Waals surface area contributed by atoms with Crippen LogP contribution in [0.3, 0.4) is 0 Å². The number of ether oxygens (including phenoxy) is 1. The van der Waals surface area contributed by atoms with Crippen molar-refractivity contribution in [3.63, 3.8) is 0 Å². The van der Waals surface area contributed by atoms with Gasteiger partial charge in [-0.05, 0) is 86.8 Å². The standard InChI is InChI=1S/C29H41N3O3/c1-19-7-14-27(28(33)30-19)32-17-23-16-21(10-13-25(23)29(32)34)15-22-5-3-4-6-26(22)31-24-11-8-20(9-12-24)18-35-2/h10,13,16,20,22,24,26-27,31H,1,3-9,11-12,14-15,17-18H2,2H3,(H,30,33)/t20-,22-,24+,26+,27?/m1/s1. The lowest BCUT2D eigenvalue weighted by Gasteiger charge is -2.38. The zero-order valence-electron chi connectivity index (χ0n) is 21.2. The number of rotatable bonds is 7. The van der Waals surface area contributed by atoms with Crippen molar-refractivity contribution in [3.8, 4) is 0 Å². The number of carbonyl (C=O) groups is 2. The van der Waals surface area contributed by atoms with E-state index in [0.717, 1.165) is 42.2 Å². The molecule has 0 bridgehead atoms. The highest BCUT2D eigenvalue weighted by Crippen LogP contribution is 2.33. The van der Waals surface area contributed by atoms with E-state index in [-0.39, 0.29) is 11.8 Å². The van der Waals surface area contributed by atoms with Crippen molar-refractivity contribution < 1.29 is 14.3 Å². The van der Waals surface area contributed by atoms with Crippen molar-refractivity contribution in [1.82, 2.24) is 15.5 Å². The SMILES string of the molecule is C=C1CCC(N2Cc3cc(C[C@H]4CCCC[C@@H]4N[C@H]4CC[C@@H](COC)CC4)ccc3C2=O)C(=O)N1. The van der Waals surface area contributed by atoms with E-state index < -0.39 is 6.04 Å². The van der Waals surface area contributed by atoms with Crippen LogP contribution in [0.1, 0.15) is 85.7 Å². The first kappa shape index (κ1) is 24.5. The van der Waals surface area contributed by atoms with Crippen LogP contribution in [-0.4, -0.2) is 48.6 Å². The van der Waals surface area contributed by atoms with E-state index in [4.69, 9.17) is 4.74 Å². The number of hydrogen-bond donors (Lipinski definition) is 2. The Labute approximate surface area is 209 Å². The number of amides is 2. The van der Waals surface area contributed by atoms with Crippen LogP contribution in [0.25, 0.3) is 0 Å². The average Bonchev–Trinajstić information content (AvgIpc) is 3.17. The Hall–Kier alpha value is -2.18. The molecule has 1 saturated heterocycles. The first-order valence-electron chi connectivity index (χ1n) is 13.7. The van der Waals surface area contributed by atoms with Gasteiger partial charge in [-0.2, -0.15) is 0 Å². The van der Waals surface area contributed by atoms with Gasteiger partial charge in [0.05, 0.1) is 0 Å². The summed E-state index contributed by atoms with van der Waals surface area (Å²) in [5.41, 5.74) is 3.90. The number of allylic oxidation sites excluding steroid dienone is 1. The van der Waals surface area contributed by atoms with E-state index in [1.807, 2.05) is 13.2 Å². The molecule has 2 saturated carbocycles. The molecule has 4 aliphatic rings. The van der Waals surface area contributed by atoms with E-state index in [9.17, 15) is 9.59 Å². The minimum Gasteiger partial charge on any atom is -0.384 e. The Morgan fingerprint density at radius 1 is 1.09 bits per heavy atom. The van der Waals surface area contributed by atoms with E-state index in [1.54, 1.807) is 4.90 Å². The first-order valence-corrected chi connectivity index (χ1v) is 13.7. The Kier molecular flexibility index (Phi) is 7.59. The summed E-state index contributed by atoms with van der Waals surface area (Å²) in [5, 5.41) is 6.88. The Balaban J connectivity index is 1.21. The average molecular weight is 480 g/mol. The zero-order valence-corrected chi connectivity index (χ0v) is 21.2. The van der Waals surface area contributed by atoms with Crippen LogP contribution in [0.15, 0.2) is 30.5 Å². The molecule has 1 aromatic carbocycles. The maximum atomic E-state index is 13.1. The molecule has 5 rings (SSSR count). The molecule has 190 valence electrons. The van der Waals surface area contributed by atoms with Gasteiger partial charge >= 0.3 is 0 Å². The lowest BCUT2D eigenvalue weighted by Crippen LogP contribution is -2.49. The van der Waals surface area contributed by atoms with Gasteiger partial charge in [0.15, 0.2) is 0 Å². The fourth-order valence-electron chi connectivity index (χ4n) is 6.84. The molecule has 2 N–H and O–H groups in total. The van der Waals surface area contributed by atoms with Crippen LogP contribution >= 0.6 is 0 Å². The second-order valence-corrected chi connectivity index (χ2v) is 11.3. The number of nitrogens with zero attached hydrogens (tertiary/aromatic N) is 1. The van der Waals surface area contributed by atoms with E-state index in [1.165, 1.54) is 56.9 Å². The van der Waals surface area contributed by atoms with Crippen molar-refractivity contribution in [2.45, 2.75) is 95.3 Å². The number of benzene rings is 1. The molecule has 3 atom stereocenters. The highest BCUT2D eigenvalue weighted by Gasteiger charge is 2.38. The molecule has 1 unspecified atom stereocenters. The van der Waals surface area contributed by atoms with Crippen molar-refractivity contribution in [1.29, 1.82) is 0 Å². The molecule has 0 aromatic heterocycles. The van der Waals surface area contributed by atoms with Crippen LogP contribution in [0.2, 0.25) is 0 Å². The molecule has 35 heavy (non-hydrogen) atoms. The highest BCUT2D eigenvalue weighted by molar-refractivity contribution is 6.01. The summed E-state index contributed by atoms with van der Waals surface area (Å²) in [6.07, 6.45) is 12.7. The third-order valence-corrected chi connectivity index (χ3v) is 8.81. The third kappa shape index (κ3) is 5.49. The van der Waals surface area contributed by atoms with Crippen LogP contribution in [0.4, 0.5) is 0 Å². The minimum atomic E-state index is -0.394. The van der Waals surface area contributed by atoms with E-state index in [0.29, 0.717) is 31.0 Å². The van der Waals surface area contributed by atoms with Crippen molar-refractivity contribution in [2.24, 2.45) is 11.8 Å². The quantitative estimate of drug-likeness (QED) is 0.611. The predicted octanol–water partition coefficient (Wildman–Crippen LogP) is 4.33. The molecular weight excluding hydrogens is 438 g/mol. The Morgan fingerprint density at radius 2 is 1.89 bits per heavy atom. The molecule has 2 aliphatic carbocycles. The van der Waals surface area contributed by atoms with Crippen molar-refractivity contribution in [2.75, 3.05) is 13.7 Å². The first-order chi connectivity index (χ1) is 17.0. The summed E-state index contributed by atoms with van der Waals surface area (Å²) >= 11 is 0. The van der Waals surface area contributed by atoms with Crippen molar-refractivity contribution in [3.05, 3.63) is 47.2 Å². The van der Waals surface area contributed by atoms with Gasteiger partial charge in [0.25, 0.3) is 5.91 Å². The highest BCUT2D eigenvalue weighted by atomic mass is 16.5. The summed E-state index contributed by atoms with van der Waals surface area (Å²) in [7, 11) is 1.81. The zero-order chi connectivity index (χ0) is 24.4. The molecule has 0 radical (unpaired) electrons. The molecular formula is C29H41N3O3. The number of fused-ring (bicyclic) bond motifs is 1. The second-order valence-electron chi connectivity index (χ2n) is 11.3. The number of hydrogen-bond acceptors (Lipinski definition) is 4.